The van der Waals surface area contributed by atoms with Crippen molar-refractivity contribution in [1.29, 1.82) is 0 Å². The molecule has 1 aliphatic heterocycles. The lowest BCUT2D eigenvalue weighted by Crippen LogP contribution is -2.32. The van der Waals surface area contributed by atoms with E-state index in [9.17, 15) is 9.59 Å². The van der Waals surface area contributed by atoms with Crippen molar-refractivity contribution in [3.63, 3.8) is 0 Å². The molecule has 2 N–H and O–H groups in total. The number of carboxylic acid groups (broad SMARTS) is 1. The van der Waals surface area contributed by atoms with Gasteiger partial charge in [0.25, 0.3) is 0 Å². The van der Waals surface area contributed by atoms with E-state index in [-0.39, 0.29) is 5.78 Å². The summed E-state index contributed by atoms with van der Waals surface area (Å²) in [5.41, 5.74) is 3.06. The Labute approximate surface area is 193 Å². The maximum absolute atomic E-state index is 13.0. The molecule has 2 aliphatic rings. The third-order valence-corrected chi connectivity index (χ3v) is 6.36. The molecule has 0 spiro atoms. The Kier molecular flexibility index (Phi) is 5.82. The summed E-state index contributed by atoms with van der Waals surface area (Å²) < 4.78 is 7.27. The average molecular weight is 464 g/mol. The molecule has 0 saturated carbocycles. The zero-order valence-corrected chi connectivity index (χ0v) is 18.4. The Morgan fingerprint density at radius 3 is 2.88 bits per heavy atom. The van der Waals surface area contributed by atoms with Gasteiger partial charge in [0.15, 0.2) is 12.4 Å². The zero-order chi connectivity index (χ0) is 22.8. The number of fused-ring (bicyclic) bond motifs is 1. The zero-order valence-electron chi connectivity index (χ0n) is 17.6. The lowest BCUT2D eigenvalue weighted by molar-refractivity contribution is -0.139. The number of carbonyl (C=O) groups excluding carboxylic acids is 1. The second kappa shape index (κ2) is 9.07. The first-order valence-corrected chi connectivity index (χ1v) is 11.5. The number of allylic oxidation sites excluding steroid dienone is 2. The number of anilines is 1. The molecule has 33 heavy (non-hydrogen) atoms. The van der Waals surface area contributed by atoms with Crippen LogP contribution >= 0.6 is 11.8 Å². The smallest absolute Gasteiger partial charge is 0.341 e. The van der Waals surface area contributed by atoms with E-state index in [4.69, 9.17) is 14.9 Å². The first-order chi connectivity index (χ1) is 16.1. The van der Waals surface area contributed by atoms with Crippen molar-refractivity contribution in [3.8, 4) is 5.75 Å². The fourth-order valence-corrected chi connectivity index (χ4v) is 4.83. The fourth-order valence-electron chi connectivity index (χ4n) is 4.08. The van der Waals surface area contributed by atoms with Crippen molar-refractivity contribution < 1.29 is 19.4 Å². The third-order valence-electron chi connectivity index (χ3n) is 5.49. The number of nitrogens with zero attached hydrogens (tertiary/aromatic N) is 4. The van der Waals surface area contributed by atoms with Gasteiger partial charge in [-0.15, -0.1) is 5.10 Å². The molecule has 168 valence electrons. The molecule has 1 atom stereocenters. The van der Waals surface area contributed by atoms with Crippen LogP contribution in [0.4, 0.5) is 5.95 Å². The van der Waals surface area contributed by atoms with Crippen LogP contribution in [0.1, 0.15) is 36.6 Å². The fraction of sp³-hybridized carbons (Fsp3) is 0.261. The number of hydrogen-bond donors (Lipinski definition) is 2. The van der Waals surface area contributed by atoms with E-state index in [1.165, 1.54) is 11.8 Å². The summed E-state index contributed by atoms with van der Waals surface area (Å²) in [5.74, 6) is 0.537. The van der Waals surface area contributed by atoms with E-state index < -0.39 is 18.6 Å². The number of thioether (sulfide) groups is 1. The van der Waals surface area contributed by atoms with E-state index in [0.717, 1.165) is 24.2 Å². The summed E-state index contributed by atoms with van der Waals surface area (Å²) in [5, 5.41) is 17.7. The number of rotatable bonds is 7. The summed E-state index contributed by atoms with van der Waals surface area (Å²) >= 11 is 1.46. The van der Waals surface area contributed by atoms with Gasteiger partial charge >= 0.3 is 5.97 Å². The number of aliphatic carboxylic acids is 1. The number of benzene rings is 1. The van der Waals surface area contributed by atoms with Gasteiger partial charge in [0, 0.05) is 35.2 Å². The Hall–Kier alpha value is -3.66. The molecule has 0 unspecified atom stereocenters. The molecule has 2 aromatic heterocycles. The number of pyridine rings is 1. The molecule has 0 bridgehead atoms. The number of hydrogen-bond acceptors (Lipinski definition) is 8. The van der Waals surface area contributed by atoms with Gasteiger partial charge in [-0.2, -0.15) is 4.98 Å². The maximum atomic E-state index is 13.0. The van der Waals surface area contributed by atoms with Crippen LogP contribution in [0.5, 0.6) is 5.75 Å². The number of aromatic nitrogens is 4. The van der Waals surface area contributed by atoms with Crippen molar-refractivity contribution >= 4 is 29.5 Å². The molecule has 0 saturated heterocycles. The molecule has 1 aliphatic carbocycles. The van der Waals surface area contributed by atoms with Crippen LogP contribution in [0.15, 0.2) is 65.1 Å². The normalized spacial score (nSPS) is 17.2. The topological polar surface area (TPSA) is 119 Å². The molecule has 9 nitrogen and oxygen atoms in total. The quantitative estimate of drug-likeness (QED) is 0.508. The van der Waals surface area contributed by atoms with E-state index >= 15 is 0 Å². The number of Topliss-reactive ketones (excluding diaryl/α,β-unsaturated/α-hetero) is 1. The molecule has 1 aromatic carbocycles. The largest absolute Gasteiger partial charge is 0.482 e. The summed E-state index contributed by atoms with van der Waals surface area (Å²) in [6.07, 6.45) is 3.71. The lowest BCUT2D eigenvalue weighted by atomic mass is 9.85. The number of nitrogens with one attached hydrogen (secondary N) is 1. The molecule has 3 heterocycles. The molecular formula is C23H21N5O4S. The molecule has 5 rings (SSSR count). The van der Waals surface area contributed by atoms with Crippen LogP contribution in [0.3, 0.4) is 0 Å². The van der Waals surface area contributed by atoms with Gasteiger partial charge in [0.05, 0.1) is 5.69 Å². The van der Waals surface area contributed by atoms with Gasteiger partial charge in [0.2, 0.25) is 11.1 Å². The van der Waals surface area contributed by atoms with Gasteiger partial charge in [-0.3, -0.25) is 9.78 Å². The van der Waals surface area contributed by atoms with E-state index in [2.05, 4.69) is 15.3 Å². The highest BCUT2D eigenvalue weighted by atomic mass is 32.2. The van der Waals surface area contributed by atoms with E-state index in [0.29, 0.717) is 40.2 Å². The standard InChI is InChI=1S/C23H21N5O4S/c29-17-9-5-8-16-20(17)21(15-7-1-2-10-18(15)32-12-19(30)31)28-22(25-16)26-23(27-28)33-13-14-6-3-4-11-24-14/h1-4,6-7,10-11,21H,5,8-9,12-13H2,(H,30,31)(H,25,26,27)/t21-/m0/s1. The van der Waals surface area contributed by atoms with Gasteiger partial charge in [-0.25, -0.2) is 9.48 Å². The Morgan fingerprint density at radius 2 is 2.06 bits per heavy atom. The predicted molar refractivity (Wildman–Crippen MR) is 121 cm³/mol. The second-order valence-electron chi connectivity index (χ2n) is 7.69. The minimum absolute atomic E-state index is 0.0469. The Bertz CT molecular complexity index is 1240. The van der Waals surface area contributed by atoms with Gasteiger partial charge in [0.1, 0.15) is 11.8 Å². The molecular weight excluding hydrogens is 442 g/mol. The summed E-state index contributed by atoms with van der Waals surface area (Å²) in [6.45, 7) is -0.475. The predicted octanol–water partition coefficient (Wildman–Crippen LogP) is 3.45. The number of carbonyl (C=O) groups is 2. The summed E-state index contributed by atoms with van der Waals surface area (Å²) in [4.78, 5) is 33.1. The van der Waals surface area contributed by atoms with E-state index in [1.54, 1.807) is 23.0 Å². The number of carboxylic acids is 1. The van der Waals surface area contributed by atoms with Crippen LogP contribution in [0.2, 0.25) is 0 Å². The van der Waals surface area contributed by atoms with Gasteiger partial charge < -0.3 is 15.2 Å². The first kappa shape index (κ1) is 21.2. The molecule has 10 heteroatoms. The van der Waals surface area contributed by atoms with Crippen LogP contribution in [0.25, 0.3) is 0 Å². The van der Waals surface area contributed by atoms with Crippen molar-refractivity contribution in [3.05, 3.63) is 71.2 Å². The molecule has 0 radical (unpaired) electrons. The molecule has 0 fully saturated rings. The van der Waals surface area contributed by atoms with Crippen LogP contribution < -0.4 is 10.1 Å². The minimum atomic E-state index is -1.07. The monoisotopic (exact) mass is 463 g/mol. The number of ketones is 1. The maximum Gasteiger partial charge on any atom is 0.341 e. The Morgan fingerprint density at radius 1 is 1.21 bits per heavy atom. The van der Waals surface area contributed by atoms with Crippen LogP contribution in [-0.2, 0) is 15.3 Å². The number of ether oxygens (including phenoxy) is 1. The highest BCUT2D eigenvalue weighted by Crippen LogP contribution is 2.43. The molecule has 0 amide bonds. The Balaban J connectivity index is 1.53. The van der Waals surface area contributed by atoms with Gasteiger partial charge in [-0.05, 0) is 31.0 Å². The highest BCUT2D eigenvalue weighted by Gasteiger charge is 2.38. The van der Waals surface area contributed by atoms with Crippen molar-refractivity contribution in [2.45, 2.75) is 36.2 Å². The minimum Gasteiger partial charge on any atom is -0.482 e. The lowest BCUT2D eigenvalue weighted by Gasteiger charge is -2.32. The van der Waals surface area contributed by atoms with Crippen molar-refractivity contribution in [1.82, 2.24) is 19.7 Å². The second-order valence-corrected chi connectivity index (χ2v) is 8.63. The summed E-state index contributed by atoms with van der Waals surface area (Å²) in [6, 6.07) is 12.4. The highest BCUT2D eigenvalue weighted by molar-refractivity contribution is 7.98. The number of para-hydroxylation sites is 1. The summed E-state index contributed by atoms with van der Waals surface area (Å²) in [7, 11) is 0. The molecule has 3 aromatic rings. The van der Waals surface area contributed by atoms with E-state index in [1.807, 2.05) is 30.3 Å². The van der Waals surface area contributed by atoms with Crippen LogP contribution in [0, 0.1) is 0 Å². The third kappa shape index (κ3) is 4.34. The van der Waals surface area contributed by atoms with Crippen molar-refractivity contribution in [2.75, 3.05) is 11.9 Å². The average Bonchev–Trinajstić information content (AvgIpc) is 3.24. The SMILES string of the molecule is O=C(O)COc1ccccc1[C@H]1C2=C(CCCC2=O)Nc2nc(SCc3ccccn3)nn21. The first-order valence-electron chi connectivity index (χ1n) is 10.6. The van der Waals surface area contributed by atoms with Gasteiger partial charge in [-0.1, -0.05) is 36.0 Å². The van der Waals surface area contributed by atoms with Crippen molar-refractivity contribution in [2.24, 2.45) is 0 Å². The van der Waals surface area contributed by atoms with Crippen LogP contribution in [-0.4, -0.2) is 43.2 Å².